The minimum absolute atomic E-state index is 0.0602. The number of ether oxygens (including phenoxy) is 2. The Labute approximate surface area is 190 Å². The number of aryl methyl sites for hydroxylation is 1. The summed E-state index contributed by atoms with van der Waals surface area (Å²) < 4.78 is 40.0. The number of carbonyl (C=O) groups excluding carboxylic acids is 1. The molecule has 6 nitrogen and oxygen atoms in total. The lowest BCUT2D eigenvalue weighted by Crippen LogP contribution is -2.44. The van der Waals surface area contributed by atoms with Crippen molar-refractivity contribution in [2.24, 2.45) is 5.92 Å². The first-order valence-electron chi connectivity index (χ1n) is 11.1. The fourth-order valence-corrected chi connectivity index (χ4v) is 6.04. The predicted octanol–water partition coefficient (Wildman–Crippen LogP) is 5.06. The summed E-state index contributed by atoms with van der Waals surface area (Å²) in [6.45, 7) is 7.96. The Bertz CT molecular complexity index is 1080. The fraction of sp³-hybridized carbons (Fsp3) is 0.480. The molecule has 0 aromatic heterocycles. The number of amides is 1. The van der Waals surface area contributed by atoms with Crippen LogP contribution in [-0.4, -0.2) is 36.1 Å². The van der Waals surface area contributed by atoms with Gasteiger partial charge >= 0.3 is 6.09 Å². The SMILES string of the molecule is Cc1ccc(S(=O)(=O)N(Cc2ccccc2)C(=O)OC2CC3(C(C)C)CCC2(C)O3)cc1. The molecule has 3 unspecified atom stereocenters. The van der Waals surface area contributed by atoms with Crippen LogP contribution < -0.4 is 0 Å². The van der Waals surface area contributed by atoms with Crippen LogP contribution in [0, 0.1) is 12.8 Å². The van der Waals surface area contributed by atoms with Gasteiger partial charge in [0.1, 0.15) is 11.7 Å². The molecule has 2 aromatic rings. The van der Waals surface area contributed by atoms with Crippen LogP contribution in [0.1, 0.15) is 51.2 Å². The van der Waals surface area contributed by atoms with E-state index in [1.807, 2.05) is 32.0 Å². The molecule has 2 bridgehead atoms. The van der Waals surface area contributed by atoms with Gasteiger partial charge < -0.3 is 9.47 Å². The molecule has 4 rings (SSSR count). The number of benzene rings is 2. The van der Waals surface area contributed by atoms with Crippen LogP contribution in [0.3, 0.4) is 0 Å². The van der Waals surface area contributed by atoms with Gasteiger partial charge in [0, 0.05) is 6.42 Å². The number of hydrogen-bond acceptors (Lipinski definition) is 5. The number of hydrogen-bond donors (Lipinski definition) is 0. The molecule has 172 valence electrons. The summed E-state index contributed by atoms with van der Waals surface area (Å²) in [6, 6.07) is 15.5. The van der Waals surface area contributed by atoms with Gasteiger partial charge in [0.25, 0.3) is 10.0 Å². The van der Waals surface area contributed by atoms with Crippen LogP contribution in [0.5, 0.6) is 0 Å². The molecule has 0 N–H and O–H groups in total. The molecule has 32 heavy (non-hydrogen) atoms. The summed E-state index contributed by atoms with van der Waals surface area (Å²) in [4.78, 5) is 13.4. The second-order valence-corrected chi connectivity index (χ2v) is 11.4. The Kier molecular flexibility index (Phi) is 5.84. The predicted molar refractivity (Wildman–Crippen MR) is 122 cm³/mol. The maximum absolute atomic E-state index is 13.5. The largest absolute Gasteiger partial charge is 0.442 e. The van der Waals surface area contributed by atoms with Gasteiger partial charge in [-0.15, -0.1) is 0 Å². The summed E-state index contributed by atoms with van der Waals surface area (Å²) in [7, 11) is -4.10. The van der Waals surface area contributed by atoms with Gasteiger partial charge in [-0.25, -0.2) is 13.2 Å². The quantitative estimate of drug-likeness (QED) is 0.606. The zero-order valence-electron chi connectivity index (χ0n) is 19.1. The van der Waals surface area contributed by atoms with Gasteiger partial charge in [-0.2, -0.15) is 4.31 Å². The van der Waals surface area contributed by atoms with Gasteiger partial charge in [-0.3, -0.25) is 0 Å². The molecule has 1 amide bonds. The molecule has 2 aromatic carbocycles. The van der Waals surface area contributed by atoms with Crippen molar-refractivity contribution in [3.8, 4) is 0 Å². The maximum atomic E-state index is 13.5. The zero-order chi connectivity index (χ0) is 23.1. The first kappa shape index (κ1) is 22.8. The second kappa shape index (κ2) is 8.19. The van der Waals surface area contributed by atoms with E-state index >= 15 is 0 Å². The molecule has 0 radical (unpaired) electrons. The summed E-state index contributed by atoms with van der Waals surface area (Å²) in [5.74, 6) is 0.282. The molecule has 2 aliphatic heterocycles. The monoisotopic (exact) mass is 457 g/mol. The van der Waals surface area contributed by atoms with Crippen LogP contribution in [0.15, 0.2) is 59.5 Å². The van der Waals surface area contributed by atoms with Crippen molar-refractivity contribution < 1.29 is 22.7 Å². The van der Waals surface area contributed by atoms with E-state index < -0.39 is 27.8 Å². The Morgan fingerprint density at radius 1 is 1.12 bits per heavy atom. The molecular weight excluding hydrogens is 426 g/mol. The molecule has 7 heteroatoms. The smallest absolute Gasteiger partial charge is 0.424 e. The minimum atomic E-state index is -4.10. The van der Waals surface area contributed by atoms with E-state index in [1.165, 1.54) is 12.1 Å². The summed E-state index contributed by atoms with van der Waals surface area (Å²) in [5.41, 5.74) is 0.729. The van der Waals surface area contributed by atoms with Crippen LogP contribution in [-0.2, 0) is 26.0 Å². The van der Waals surface area contributed by atoms with Crippen molar-refractivity contribution >= 4 is 16.1 Å². The lowest BCUT2D eigenvalue weighted by atomic mass is 9.75. The lowest BCUT2D eigenvalue weighted by molar-refractivity contribution is -0.0827. The van der Waals surface area contributed by atoms with Crippen molar-refractivity contribution in [2.75, 3.05) is 0 Å². The molecular formula is C25H31NO5S. The zero-order valence-corrected chi connectivity index (χ0v) is 19.9. The highest BCUT2D eigenvalue weighted by Crippen LogP contribution is 2.55. The highest BCUT2D eigenvalue weighted by atomic mass is 32.2. The third kappa shape index (κ3) is 4.04. The van der Waals surface area contributed by atoms with E-state index in [9.17, 15) is 13.2 Å². The Morgan fingerprint density at radius 3 is 2.38 bits per heavy atom. The molecule has 2 fully saturated rings. The number of nitrogens with zero attached hydrogens (tertiary/aromatic N) is 1. The minimum Gasteiger partial charge on any atom is -0.442 e. The topological polar surface area (TPSA) is 72.9 Å². The molecule has 2 saturated heterocycles. The van der Waals surface area contributed by atoms with E-state index in [-0.39, 0.29) is 23.0 Å². The van der Waals surface area contributed by atoms with Gasteiger partial charge in [-0.05, 0) is 50.3 Å². The van der Waals surface area contributed by atoms with Crippen LogP contribution in [0.25, 0.3) is 0 Å². The average Bonchev–Trinajstić information content (AvgIpc) is 3.25. The number of fused-ring (bicyclic) bond motifs is 2. The molecule has 0 spiro atoms. The van der Waals surface area contributed by atoms with E-state index in [4.69, 9.17) is 9.47 Å². The van der Waals surface area contributed by atoms with E-state index in [0.29, 0.717) is 12.0 Å². The van der Waals surface area contributed by atoms with Crippen molar-refractivity contribution in [1.29, 1.82) is 0 Å². The third-order valence-electron chi connectivity index (χ3n) is 6.97. The summed E-state index contributed by atoms with van der Waals surface area (Å²) in [6.07, 6.45) is 0.932. The molecule has 3 atom stereocenters. The molecule has 2 aliphatic rings. The van der Waals surface area contributed by atoms with Crippen LogP contribution in [0.2, 0.25) is 0 Å². The molecule has 0 saturated carbocycles. The maximum Gasteiger partial charge on any atom is 0.424 e. The molecule has 0 aliphatic carbocycles. The highest BCUT2D eigenvalue weighted by molar-refractivity contribution is 7.89. The first-order chi connectivity index (χ1) is 15.1. The second-order valence-electron chi connectivity index (χ2n) is 9.52. The van der Waals surface area contributed by atoms with Crippen LogP contribution >= 0.6 is 0 Å². The normalized spacial score (nSPS) is 27.0. The number of sulfonamides is 1. The summed E-state index contributed by atoms with van der Waals surface area (Å²) >= 11 is 0. The van der Waals surface area contributed by atoms with Gasteiger partial charge in [0.15, 0.2) is 0 Å². The summed E-state index contributed by atoms with van der Waals surface area (Å²) in [5, 5.41) is 0. The lowest BCUT2D eigenvalue weighted by Gasteiger charge is -2.32. The fourth-order valence-electron chi connectivity index (χ4n) is 4.75. The van der Waals surface area contributed by atoms with Crippen molar-refractivity contribution in [2.45, 2.75) is 75.7 Å². The van der Waals surface area contributed by atoms with Crippen molar-refractivity contribution in [3.05, 3.63) is 65.7 Å². The van der Waals surface area contributed by atoms with Gasteiger partial charge in [0.05, 0.1) is 17.0 Å². The average molecular weight is 458 g/mol. The standard InChI is InChI=1S/C25H31NO5S/c1-18(2)25-15-14-24(4,31-25)22(16-25)30-23(27)26(17-20-8-6-5-7-9-20)32(28,29)21-12-10-19(3)11-13-21/h5-13,18,22H,14-17H2,1-4H3. The molecule has 2 heterocycles. The van der Waals surface area contributed by atoms with Gasteiger partial charge in [0.2, 0.25) is 0 Å². The van der Waals surface area contributed by atoms with Crippen LogP contribution in [0.4, 0.5) is 4.79 Å². The Morgan fingerprint density at radius 2 is 1.78 bits per heavy atom. The van der Waals surface area contributed by atoms with E-state index in [0.717, 1.165) is 22.7 Å². The number of rotatable bonds is 6. The number of carbonyl (C=O) groups is 1. The third-order valence-corrected chi connectivity index (χ3v) is 8.70. The Hall–Kier alpha value is -2.38. The van der Waals surface area contributed by atoms with E-state index in [1.54, 1.807) is 24.3 Å². The highest BCUT2D eigenvalue weighted by Gasteiger charge is 2.62. The van der Waals surface area contributed by atoms with E-state index in [2.05, 4.69) is 13.8 Å². The van der Waals surface area contributed by atoms with Crippen molar-refractivity contribution in [3.63, 3.8) is 0 Å². The van der Waals surface area contributed by atoms with Gasteiger partial charge in [-0.1, -0.05) is 61.9 Å². The van der Waals surface area contributed by atoms with Crippen molar-refractivity contribution in [1.82, 2.24) is 4.31 Å². The Balaban J connectivity index is 1.63. The first-order valence-corrected chi connectivity index (χ1v) is 12.5.